The minimum Gasteiger partial charge on any atom is -0.378 e. The summed E-state index contributed by atoms with van der Waals surface area (Å²) in [5, 5.41) is 0. The molecule has 0 N–H and O–H groups in total. The molecule has 1 aromatic carbocycles. The Morgan fingerprint density at radius 3 is 2.60 bits per heavy atom. The van der Waals surface area contributed by atoms with Crippen molar-refractivity contribution in [1.82, 2.24) is 4.90 Å². The molecule has 0 aromatic heterocycles. The van der Waals surface area contributed by atoms with E-state index in [1.165, 1.54) is 5.69 Å². The minimum atomic E-state index is 0.799. The Bertz CT molecular complexity index is 451. The lowest BCUT2D eigenvalue weighted by Crippen LogP contribution is -2.36. The molecule has 0 atom stereocenters. The summed E-state index contributed by atoms with van der Waals surface area (Å²) in [6.07, 6.45) is 2.11. The van der Waals surface area contributed by atoms with Crippen LogP contribution in [0.3, 0.4) is 0 Å². The molecule has 4 nitrogen and oxygen atoms in total. The number of benzene rings is 1. The Kier molecular flexibility index (Phi) is 5.41. The van der Waals surface area contributed by atoms with E-state index in [0.717, 1.165) is 50.7 Å². The van der Waals surface area contributed by atoms with Crippen molar-refractivity contribution in [3.63, 3.8) is 0 Å². The van der Waals surface area contributed by atoms with Gasteiger partial charge in [-0.15, -0.1) is 0 Å². The van der Waals surface area contributed by atoms with Crippen LogP contribution < -0.4 is 4.90 Å². The smallest absolute Gasteiger partial charge is 0.104 e. The van der Waals surface area contributed by atoms with Gasteiger partial charge in [-0.25, -0.2) is 4.99 Å². The zero-order valence-corrected chi connectivity index (χ0v) is 12.8. The van der Waals surface area contributed by atoms with Crippen molar-refractivity contribution in [3.05, 3.63) is 24.3 Å². The highest BCUT2D eigenvalue weighted by atomic mass is 16.5. The van der Waals surface area contributed by atoms with Crippen LogP contribution in [-0.4, -0.2) is 51.1 Å². The molecule has 0 aliphatic carbocycles. The van der Waals surface area contributed by atoms with Gasteiger partial charge in [0.2, 0.25) is 0 Å². The van der Waals surface area contributed by atoms with Crippen LogP contribution in [0.5, 0.6) is 0 Å². The molecular weight excluding hydrogens is 250 g/mol. The lowest BCUT2D eigenvalue weighted by atomic mass is 10.2. The van der Waals surface area contributed by atoms with Crippen molar-refractivity contribution >= 4 is 17.2 Å². The molecule has 1 aliphatic rings. The molecule has 1 aliphatic heterocycles. The average molecular weight is 275 g/mol. The number of anilines is 1. The van der Waals surface area contributed by atoms with Gasteiger partial charge in [-0.2, -0.15) is 0 Å². The van der Waals surface area contributed by atoms with E-state index in [-0.39, 0.29) is 0 Å². The second kappa shape index (κ2) is 7.29. The summed E-state index contributed by atoms with van der Waals surface area (Å²) in [6, 6.07) is 8.40. The summed E-state index contributed by atoms with van der Waals surface area (Å²) in [5.41, 5.74) is 2.28. The molecular formula is C16H25N3O. The van der Waals surface area contributed by atoms with Gasteiger partial charge in [-0.05, 0) is 18.6 Å². The zero-order chi connectivity index (χ0) is 14.4. The summed E-state index contributed by atoms with van der Waals surface area (Å²) in [4.78, 5) is 9.36. The maximum absolute atomic E-state index is 5.43. The molecule has 2 rings (SSSR count). The van der Waals surface area contributed by atoms with Crippen LogP contribution in [0.4, 0.5) is 11.4 Å². The molecule has 1 saturated heterocycles. The molecule has 1 aromatic rings. The Morgan fingerprint density at radius 2 is 1.95 bits per heavy atom. The fourth-order valence-electron chi connectivity index (χ4n) is 2.37. The van der Waals surface area contributed by atoms with Crippen LogP contribution in [0.25, 0.3) is 0 Å². The van der Waals surface area contributed by atoms with Gasteiger partial charge in [0.15, 0.2) is 0 Å². The molecule has 0 amide bonds. The zero-order valence-electron chi connectivity index (χ0n) is 12.8. The van der Waals surface area contributed by atoms with E-state index in [2.05, 4.69) is 55.1 Å². The first-order valence-electron chi connectivity index (χ1n) is 7.39. The van der Waals surface area contributed by atoms with Crippen LogP contribution >= 0.6 is 0 Å². The number of hydrogen-bond donors (Lipinski definition) is 0. The van der Waals surface area contributed by atoms with Gasteiger partial charge in [0.25, 0.3) is 0 Å². The number of rotatable bonds is 4. The van der Waals surface area contributed by atoms with Crippen molar-refractivity contribution in [2.75, 3.05) is 45.3 Å². The third-order valence-electron chi connectivity index (χ3n) is 3.47. The standard InChI is InChI=1S/C16H25N3O/c1-4-7-16(18(2)3)17-14-8-5-6-9-15(14)19-10-12-20-13-11-19/h5-6,8-9H,4,7,10-13H2,1-3H3/b17-16-. The van der Waals surface area contributed by atoms with E-state index in [9.17, 15) is 0 Å². The Morgan fingerprint density at radius 1 is 1.25 bits per heavy atom. The van der Waals surface area contributed by atoms with Crippen molar-refractivity contribution in [2.45, 2.75) is 19.8 Å². The predicted molar refractivity (Wildman–Crippen MR) is 85.2 cm³/mol. The minimum absolute atomic E-state index is 0.799. The normalized spacial score (nSPS) is 16.4. The quantitative estimate of drug-likeness (QED) is 0.625. The second-order valence-electron chi connectivity index (χ2n) is 5.26. The number of morpholine rings is 1. The van der Waals surface area contributed by atoms with Gasteiger partial charge in [0, 0.05) is 33.6 Å². The molecule has 4 heteroatoms. The Hall–Kier alpha value is -1.55. The van der Waals surface area contributed by atoms with Crippen LogP contribution in [0, 0.1) is 0 Å². The van der Waals surface area contributed by atoms with Crippen molar-refractivity contribution in [1.29, 1.82) is 0 Å². The largest absolute Gasteiger partial charge is 0.378 e. The fourth-order valence-corrected chi connectivity index (χ4v) is 2.37. The summed E-state index contributed by atoms with van der Waals surface area (Å²) in [5.74, 6) is 1.13. The summed E-state index contributed by atoms with van der Waals surface area (Å²) in [7, 11) is 4.12. The van der Waals surface area contributed by atoms with E-state index in [0.29, 0.717) is 0 Å². The van der Waals surface area contributed by atoms with Crippen LogP contribution in [0.1, 0.15) is 19.8 Å². The number of amidine groups is 1. The van der Waals surface area contributed by atoms with Gasteiger partial charge in [0.05, 0.1) is 24.6 Å². The molecule has 0 unspecified atom stereocenters. The van der Waals surface area contributed by atoms with Crippen LogP contribution in [0.2, 0.25) is 0 Å². The predicted octanol–water partition coefficient (Wildman–Crippen LogP) is 2.91. The van der Waals surface area contributed by atoms with E-state index < -0.39 is 0 Å². The molecule has 1 heterocycles. The fraction of sp³-hybridized carbons (Fsp3) is 0.562. The highest BCUT2D eigenvalue weighted by Crippen LogP contribution is 2.29. The molecule has 1 fully saturated rings. The third kappa shape index (κ3) is 3.73. The number of para-hydroxylation sites is 2. The first-order valence-corrected chi connectivity index (χ1v) is 7.39. The van der Waals surface area contributed by atoms with Crippen molar-refractivity contribution in [2.24, 2.45) is 4.99 Å². The molecule has 0 bridgehead atoms. The van der Waals surface area contributed by atoms with Gasteiger partial charge >= 0.3 is 0 Å². The molecule has 0 spiro atoms. The van der Waals surface area contributed by atoms with Crippen molar-refractivity contribution < 1.29 is 4.74 Å². The van der Waals surface area contributed by atoms with E-state index in [1.54, 1.807) is 0 Å². The van der Waals surface area contributed by atoms with Gasteiger partial charge < -0.3 is 14.5 Å². The van der Waals surface area contributed by atoms with Crippen LogP contribution in [0.15, 0.2) is 29.3 Å². The maximum atomic E-state index is 5.43. The van der Waals surface area contributed by atoms with Gasteiger partial charge in [-0.3, -0.25) is 0 Å². The van der Waals surface area contributed by atoms with E-state index in [4.69, 9.17) is 9.73 Å². The SMILES string of the molecule is CCC/C(=N/c1ccccc1N1CCOCC1)N(C)C. The van der Waals surface area contributed by atoms with E-state index >= 15 is 0 Å². The Balaban J connectivity index is 2.28. The average Bonchev–Trinajstić information content (AvgIpc) is 2.48. The summed E-state index contributed by atoms with van der Waals surface area (Å²) >= 11 is 0. The molecule has 0 saturated carbocycles. The Labute approximate surface area is 122 Å². The second-order valence-corrected chi connectivity index (χ2v) is 5.26. The van der Waals surface area contributed by atoms with Crippen LogP contribution in [-0.2, 0) is 4.74 Å². The molecule has 20 heavy (non-hydrogen) atoms. The number of nitrogens with zero attached hydrogens (tertiary/aromatic N) is 3. The molecule has 110 valence electrons. The summed E-state index contributed by atoms with van der Waals surface area (Å²) < 4.78 is 5.43. The van der Waals surface area contributed by atoms with Gasteiger partial charge in [-0.1, -0.05) is 19.1 Å². The monoisotopic (exact) mass is 275 g/mol. The lowest BCUT2D eigenvalue weighted by molar-refractivity contribution is 0.123. The third-order valence-corrected chi connectivity index (χ3v) is 3.47. The lowest BCUT2D eigenvalue weighted by Gasteiger charge is -2.30. The van der Waals surface area contributed by atoms with Gasteiger partial charge in [0.1, 0.15) is 5.84 Å². The maximum Gasteiger partial charge on any atom is 0.104 e. The van der Waals surface area contributed by atoms with E-state index in [1.807, 2.05) is 0 Å². The summed E-state index contributed by atoms with van der Waals surface area (Å²) in [6.45, 7) is 5.67. The number of aliphatic imine (C=N–C) groups is 1. The number of ether oxygens (including phenoxy) is 1. The first kappa shape index (κ1) is 14.9. The van der Waals surface area contributed by atoms with Crippen molar-refractivity contribution in [3.8, 4) is 0 Å². The molecule has 0 radical (unpaired) electrons. The highest BCUT2D eigenvalue weighted by Gasteiger charge is 2.14. The highest BCUT2D eigenvalue weighted by molar-refractivity contribution is 5.86. The number of hydrogen-bond acceptors (Lipinski definition) is 3. The first-order chi connectivity index (χ1) is 9.72. The topological polar surface area (TPSA) is 28.1 Å².